The van der Waals surface area contributed by atoms with Crippen LogP contribution in [0.2, 0.25) is 0 Å². The number of hydrogen-bond acceptors (Lipinski definition) is 2. The van der Waals surface area contributed by atoms with Crippen molar-refractivity contribution in [2.75, 3.05) is 7.05 Å². The van der Waals surface area contributed by atoms with Gasteiger partial charge < -0.3 is 9.88 Å². The van der Waals surface area contributed by atoms with Crippen LogP contribution in [-0.4, -0.2) is 16.6 Å². The SMILES string of the molecule is CCn1ccnc1CC(NC)c1ccc(F)cc1I. The first kappa shape index (κ1) is 14.5. The highest BCUT2D eigenvalue weighted by Gasteiger charge is 2.16. The first-order valence-corrected chi connectivity index (χ1v) is 7.35. The zero-order valence-electron chi connectivity index (χ0n) is 11.0. The quantitative estimate of drug-likeness (QED) is 0.817. The van der Waals surface area contributed by atoms with Crippen LogP contribution in [0.4, 0.5) is 4.39 Å². The molecular weight excluding hydrogens is 356 g/mol. The lowest BCUT2D eigenvalue weighted by Gasteiger charge is -2.18. The van der Waals surface area contributed by atoms with Crippen LogP contribution in [0.5, 0.6) is 0 Å². The Morgan fingerprint density at radius 2 is 2.26 bits per heavy atom. The van der Waals surface area contributed by atoms with Crippen molar-refractivity contribution in [1.29, 1.82) is 0 Å². The highest BCUT2D eigenvalue weighted by molar-refractivity contribution is 14.1. The van der Waals surface area contributed by atoms with Crippen LogP contribution in [0.25, 0.3) is 0 Å². The number of benzene rings is 1. The molecule has 0 saturated heterocycles. The second kappa shape index (κ2) is 6.47. The van der Waals surface area contributed by atoms with E-state index in [2.05, 4.69) is 44.4 Å². The minimum absolute atomic E-state index is 0.139. The molecule has 0 aliphatic carbocycles. The molecule has 0 bridgehead atoms. The molecule has 0 aliphatic rings. The van der Waals surface area contributed by atoms with E-state index in [0.717, 1.165) is 27.9 Å². The van der Waals surface area contributed by atoms with Gasteiger partial charge in [0.1, 0.15) is 11.6 Å². The molecular formula is C14H17FIN3. The Kier molecular flexibility index (Phi) is 4.93. The number of nitrogens with zero attached hydrogens (tertiary/aromatic N) is 2. The molecule has 1 aromatic heterocycles. The van der Waals surface area contributed by atoms with Crippen molar-refractivity contribution in [3.8, 4) is 0 Å². The summed E-state index contributed by atoms with van der Waals surface area (Å²) in [4.78, 5) is 4.39. The van der Waals surface area contributed by atoms with E-state index < -0.39 is 0 Å². The summed E-state index contributed by atoms with van der Waals surface area (Å²) in [6.45, 7) is 3.01. The summed E-state index contributed by atoms with van der Waals surface area (Å²) >= 11 is 2.18. The summed E-state index contributed by atoms with van der Waals surface area (Å²) in [7, 11) is 1.92. The van der Waals surface area contributed by atoms with Gasteiger partial charge >= 0.3 is 0 Å². The zero-order valence-corrected chi connectivity index (χ0v) is 13.2. The maximum atomic E-state index is 13.2. The average Bonchev–Trinajstić information content (AvgIpc) is 2.84. The molecule has 0 spiro atoms. The molecule has 0 saturated carbocycles. The number of hydrogen-bond donors (Lipinski definition) is 1. The Bertz CT molecular complexity index is 553. The fourth-order valence-electron chi connectivity index (χ4n) is 2.15. The van der Waals surface area contributed by atoms with Crippen LogP contribution in [0.1, 0.15) is 24.4 Å². The van der Waals surface area contributed by atoms with Gasteiger partial charge in [-0.05, 0) is 54.3 Å². The predicted octanol–water partition coefficient (Wildman–Crippen LogP) is 3.15. The number of halogens is 2. The molecule has 0 radical (unpaired) electrons. The van der Waals surface area contributed by atoms with Crippen LogP contribution in [0, 0.1) is 9.39 Å². The van der Waals surface area contributed by atoms with Gasteiger partial charge in [0.25, 0.3) is 0 Å². The minimum Gasteiger partial charge on any atom is -0.335 e. The van der Waals surface area contributed by atoms with Gasteiger partial charge in [0, 0.05) is 35.0 Å². The fraction of sp³-hybridized carbons (Fsp3) is 0.357. The number of rotatable bonds is 5. The van der Waals surface area contributed by atoms with Crippen LogP contribution in [0.15, 0.2) is 30.6 Å². The monoisotopic (exact) mass is 373 g/mol. The molecule has 1 N–H and O–H groups in total. The van der Waals surface area contributed by atoms with Crippen LogP contribution in [0.3, 0.4) is 0 Å². The lowest BCUT2D eigenvalue weighted by molar-refractivity contribution is 0.548. The Morgan fingerprint density at radius 1 is 1.47 bits per heavy atom. The predicted molar refractivity (Wildman–Crippen MR) is 82.5 cm³/mol. The maximum absolute atomic E-state index is 13.2. The number of imidazole rings is 1. The van der Waals surface area contributed by atoms with Crippen molar-refractivity contribution >= 4 is 22.6 Å². The van der Waals surface area contributed by atoms with E-state index in [0.29, 0.717) is 0 Å². The van der Waals surface area contributed by atoms with E-state index in [1.165, 1.54) is 6.07 Å². The molecule has 1 atom stereocenters. The Hall–Kier alpha value is -0.950. The van der Waals surface area contributed by atoms with Gasteiger partial charge in [0.15, 0.2) is 0 Å². The van der Waals surface area contributed by atoms with Crippen molar-refractivity contribution in [3.63, 3.8) is 0 Å². The van der Waals surface area contributed by atoms with E-state index in [1.807, 2.05) is 25.5 Å². The van der Waals surface area contributed by atoms with Gasteiger partial charge in [-0.15, -0.1) is 0 Å². The molecule has 0 aliphatic heterocycles. The maximum Gasteiger partial charge on any atom is 0.124 e. The topological polar surface area (TPSA) is 29.9 Å². The normalized spacial score (nSPS) is 12.6. The molecule has 102 valence electrons. The van der Waals surface area contributed by atoms with Gasteiger partial charge in [-0.3, -0.25) is 0 Å². The molecule has 2 aromatic rings. The number of aryl methyl sites for hydroxylation is 1. The summed E-state index contributed by atoms with van der Waals surface area (Å²) in [6.07, 6.45) is 4.60. The molecule has 3 nitrogen and oxygen atoms in total. The smallest absolute Gasteiger partial charge is 0.124 e. The Morgan fingerprint density at radius 3 is 2.89 bits per heavy atom. The molecule has 2 rings (SSSR count). The molecule has 19 heavy (non-hydrogen) atoms. The lowest BCUT2D eigenvalue weighted by Crippen LogP contribution is -2.21. The summed E-state index contributed by atoms with van der Waals surface area (Å²) in [5.74, 6) is 0.847. The molecule has 1 unspecified atom stereocenters. The van der Waals surface area contributed by atoms with Crippen molar-refractivity contribution in [2.45, 2.75) is 25.9 Å². The van der Waals surface area contributed by atoms with Gasteiger partial charge in [-0.1, -0.05) is 6.07 Å². The first-order valence-electron chi connectivity index (χ1n) is 6.28. The summed E-state index contributed by atoms with van der Waals surface area (Å²) in [5, 5.41) is 3.29. The van der Waals surface area contributed by atoms with Crippen LogP contribution < -0.4 is 5.32 Å². The van der Waals surface area contributed by atoms with Gasteiger partial charge in [0.2, 0.25) is 0 Å². The average molecular weight is 373 g/mol. The van der Waals surface area contributed by atoms with E-state index in [1.54, 1.807) is 6.07 Å². The zero-order chi connectivity index (χ0) is 13.8. The molecule has 0 fully saturated rings. The van der Waals surface area contributed by atoms with Crippen LogP contribution in [-0.2, 0) is 13.0 Å². The van der Waals surface area contributed by atoms with Crippen LogP contribution >= 0.6 is 22.6 Å². The molecule has 1 heterocycles. The molecule has 0 amide bonds. The highest BCUT2D eigenvalue weighted by Crippen LogP contribution is 2.23. The summed E-state index contributed by atoms with van der Waals surface area (Å²) in [5.41, 5.74) is 1.11. The third-order valence-electron chi connectivity index (χ3n) is 3.22. The largest absolute Gasteiger partial charge is 0.335 e. The van der Waals surface area contributed by atoms with E-state index >= 15 is 0 Å². The highest BCUT2D eigenvalue weighted by atomic mass is 127. The molecule has 1 aromatic carbocycles. The third-order valence-corrected chi connectivity index (χ3v) is 4.15. The number of likely N-dealkylation sites (N-methyl/N-ethyl adjacent to an activating group) is 1. The molecule has 5 heteroatoms. The summed E-state index contributed by atoms with van der Waals surface area (Å²) < 4.78 is 16.2. The number of aromatic nitrogens is 2. The fourth-order valence-corrected chi connectivity index (χ4v) is 3.01. The van der Waals surface area contributed by atoms with Gasteiger partial charge in [-0.2, -0.15) is 0 Å². The standard InChI is InChI=1S/C14H17FIN3/c1-3-19-7-6-18-14(19)9-13(17-2)11-5-4-10(15)8-12(11)16/h4-8,13,17H,3,9H2,1-2H3. The minimum atomic E-state index is -0.196. The van der Waals surface area contributed by atoms with Crippen molar-refractivity contribution in [1.82, 2.24) is 14.9 Å². The lowest BCUT2D eigenvalue weighted by atomic mass is 10.0. The van der Waals surface area contributed by atoms with Crippen molar-refractivity contribution in [2.24, 2.45) is 0 Å². The summed E-state index contributed by atoms with van der Waals surface area (Å²) in [6, 6.07) is 5.05. The Balaban J connectivity index is 2.25. The van der Waals surface area contributed by atoms with E-state index in [4.69, 9.17) is 0 Å². The van der Waals surface area contributed by atoms with E-state index in [-0.39, 0.29) is 11.9 Å². The van der Waals surface area contributed by atoms with Crippen molar-refractivity contribution in [3.05, 3.63) is 51.4 Å². The van der Waals surface area contributed by atoms with Gasteiger partial charge in [0.05, 0.1) is 0 Å². The second-order valence-corrected chi connectivity index (χ2v) is 5.50. The number of nitrogens with one attached hydrogen (secondary N) is 1. The Labute approximate surface area is 126 Å². The van der Waals surface area contributed by atoms with Gasteiger partial charge in [-0.25, -0.2) is 9.37 Å². The van der Waals surface area contributed by atoms with Crippen molar-refractivity contribution < 1.29 is 4.39 Å². The second-order valence-electron chi connectivity index (χ2n) is 4.34. The van der Waals surface area contributed by atoms with E-state index in [9.17, 15) is 4.39 Å². The third kappa shape index (κ3) is 3.33. The first-order chi connectivity index (χ1) is 9.15.